The predicted octanol–water partition coefficient (Wildman–Crippen LogP) is 4.66. The third kappa shape index (κ3) is 6.25. The molecule has 112 valence electrons. The van der Waals surface area contributed by atoms with Crippen molar-refractivity contribution in [3.05, 3.63) is 35.4 Å². The van der Waals surface area contributed by atoms with Gasteiger partial charge in [-0.1, -0.05) is 44.1 Å². The molecule has 0 aromatic heterocycles. The van der Waals surface area contributed by atoms with Crippen molar-refractivity contribution < 1.29 is 4.74 Å². The van der Waals surface area contributed by atoms with Crippen molar-refractivity contribution in [1.29, 1.82) is 0 Å². The molecule has 0 fully saturated rings. The van der Waals surface area contributed by atoms with Crippen LogP contribution in [0, 0.1) is 0 Å². The van der Waals surface area contributed by atoms with Gasteiger partial charge in [0, 0.05) is 6.04 Å². The quantitative estimate of drug-likeness (QED) is 0.662. The molecule has 0 radical (unpaired) electrons. The Hall–Kier alpha value is -1.28. The first-order valence-corrected chi connectivity index (χ1v) is 7.81. The molecule has 0 saturated heterocycles. The molecular formula is C18H29NO. The Labute approximate surface area is 124 Å². The normalized spacial score (nSPS) is 13.3. The van der Waals surface area contributed by atoms with Gasteiger partial charge in [0.25, 0.3) is 0 Å². The van der Waals surface area contributed by atoms with Crippen LogP contribution in [0.4, 0.5) is 0 Å². The molecule has 20 heavy (non-hydrogen) atoms. The predicted molar refractivity (Wildman–Crippen MR) is 88.3 cm³/mol. The second kappa shape index (κ2) is 9.60. The third-order valence-corrected chi connectivity index (χ3v) is 3.42. The van der Waals surface area contributed by atoms with E-state index < -0.39 is 0 Å². The SMILES string of the molecule is CCCCOc1ccc(/C=C(/C)C(C)NCCC)cc1. The Kier molecular flexibility index (Phi) is 8.05. The van der Waals surface area contributed by atoms with Gasteiger partial charge < -0.3 is 10.1 Å². The molecule has 0 aliphatic carbocycles. The molecule has 0 saturated carbocycles. The van der Waals surface area contributed by atoms with Crippen LogP contribution in [0.2, 0.25) is 0 Å². The Morgan fingerprint density at radius 3 is 2.50 bits per heavy atom. The minimum atomic E-state index is 0.426. The largest absolute Gasteiger partial charge is 0.494 e. The summed E-state index contributed by atoms with van der Waals surface area (Å²) in [6.45, 7) is 10.6. The molecule has 0 aliphatic rings. The van der Waals surface area contributed by atoms with E-state index in [1.54, 1.807) is 0 Å². The maximum atomic E-state index is 5.67. The molecule has 1 rings (SSSR count). The molecular weight excluding hydrogens is 246 g/mol. The smallest absolute Gasteiger partial charge is 0.119 e. The van der Waals surface area contributed by atoms with Crippen molar-refractivity contribution in [2.45, 2.75) is 53.0 Å². The van der Waals surface area contributed by atoms with Gasteiger partial charge in [-0.05, 0) is 50.9 Å². The molecule has 0 spiro atoms. The molecule has 0 amide bonds. The van der Waals surface area contributed by atoms with E-state index in [2.05, 4.69) is 63.4 Å². The highest BCUT2D eigenvalue weighted by Crippen LogP contribution is 2.16. The third-order valence-electron chi connectivity index (χ3n) is 3.42. The van der Waals surface area contributed by atoms with Crippen molar-refractivity contribution in [1.82, 2.24) is 5.32 Å². The minimum Gasteiger partial charge on any atom is -0.494 e. The van der Waals surface area contributed by atoms with E-state index in [0.717, 1.165) is 25.3 Å². The molecule has 1 unspecified atom stereocenters. The average molecular weight is 275 g/mol. The number of rotatable bonds is 9. The summed E-state index contributed by atoms with van der Waals surface area (Å²) in [4.78, 5) is 0. The van der Waals surface area contributed by atoms with Crippen molar-refractivity contribution in [2.24, 2.45) is 0 Å². The highest BCUT2D eigenvalue weighted by molar-refractivity contribution is 5.54. The van der Waals surface area contributed by atoms with E-state index in [4.69, 9.17) is 4.74 Å². The number of unbranched alkanes of at least 4 members (excludes halogenated alkanes) is 1. The monoisotopic (exact) mass is 275 g/mol. The summed E-state index contributed by atoms with van der Waals surface area (Å²) in [5.74, 6) is 0.963. The second-order valence-electron chi connectivity index (χ2n) is 5.34. The first kappa shape index (κ1) is 16.8. The number of ether oxygens (including phenoxy) is 1. The molecule has 1 N–H and O–H groups in total. The van der Waals surface area contributed by atoms with Gasteiger partial charge in [0.1, 0.15) is 5.75 Å². The van der Waals surface area contributed by atoms with E-state index in [-0.39, 0.29) is 0 Å². The number of nitrogens with one attached hydrogen (secondary N) is 1. The lowest BCUT2D eigenvalue weighted by atomic mass is 10.1. The number of benzene rings is 1. The zero-order valence-electron chi connectivity index (χ0n) is 13.4. The van der Waals surface area contributed by atoms with Gasteiger partial charge in [-0.25, -0.2) is 0 Å². The minimum absolute atomic E-state index is 0.426. The Balaban J connectivity index is 2.54. The van der Waals surface area contributed by atoms with Crippen LogP contribution in [0.25, 0.3) is 6.08 Å². The summed E-state index contributed by atoms with van der Waals surface area (Å²) in [5.41, 5.74) is 2.59. The van der Waals surface area contributed by atoms with Gasteiger partial charge in [0.2, 0.25) is 0 Å². The molecule has 0 heterocycles. The van der Waals surface area contributed by atoms with Crippen molar-refractivity contribution in [3.63, 3.8) is 0 Å². The highest BCUT2D eigenvalue weighted by atomic mass is 16.5. The summed E-state index contributed by atoms with van der Waals surface area (Å²) in [6, 6.07) is 8.78. The van der Waals surface area contributed by atoms with E-state index in [1.165, 1.54) is 24.0 Å². The summed E-state index contributed by atoms with van der Waals surface area (Å²) in [6.07, 6.45) is 5.69. The molecule has 0 bridgehead atoms. The maximum absolute atomic E-state index is 5.67. The number of hydrogen-bond acceptors (Lipinski definition) is 2. The lowest BCUT2D eigenvalue weighted by Crippen LogP contribution is -2.27. The van der Waals surface area contributed by atoms with Crippen molar-refractivity contribution >= 4 is 6.08 Å². The Bertz CT molecular complexity index is 394. The van der Waals surface area contributed by atoms with Gasteiger partial charge in [-0.3, -0.25) is 0 Å². The molecule has 2 nitrogen and oxygen atoms in total. The molecule has 1 atom stereocenters. The second-order valence-corrected chi connectivity index (χ2v) is 5.34. The number of hydrogen-bond donors (Lipinski definition) is 1. The van der Waals surface area contributed by atoms with Gasteiger partial charge in [0.15, 0.2) is 0 Å². The first-order valence-electron chi connectivity index (χ1n) is 7.81. The van der Waals surface area contributed by atoms with Crippen LogP contribution in [0.5, 0.6) is 5.75 Å². The summed E-state index contributed by atoms with van der Waals surface area (Å²) < 4.78 is 5.67. The lowest BCUT2D eigenvalue weighted by Gasteiger charge is -2.14. The van der Waals surface area contributed by atoms with Gasteiger partial charge in [-0.2, -0.15) is 0 Å². The fraction of sp³-hybridized carbons (Fsp3) is 0.556. The molecule has 1 aromatic carbocycles. The standard InChI is InChI=1S/C18H29NO/c1-5-7-13-20-18-10-8-17(9-11-18)14-15(3)16(4)19-12-6-2/h8-11,14,16,19H,5-7,12-13H2,1-4H3/b15-14-. The summed E-state index contributed by atoms with van der Waals surface area (Å²) in [5, 5.41) is 3.51. The van der Waals surface area contributed by atoms with E-state index in [9.17, 15) is 0 Å². The van der Waals surface area contributed by atoms with E-state index >= 15 is 0 Å². The van der Waals surface area contributed by atoms with Crippen LogP contribution >= 0.6 is 0 Å². The fourth-order valence-electron chi connectivity index (χ4n) is 1.90. The summed E-state index contributed by atoms with van der Waals surface area (Å²) >= 11 is 0. The zero-order chi connectivity index (χ0) is 14.8. The topological polar surface area (TPSA) is 21.3 Å². The van der Waals surface area contributed by atoms with Gasteiger partial charge in [-0.15, -0.1) is 0 Å². The fourth-order valence-corrected chi connectivity index (χ4v) is 1.90. The van der Waals surface area contributed by atoms with Crippen molar-refractivity contribution in [3.8, 4) is 5.75 Å². The van der Waals surface area contributed by atoms with Crippen LogP contribution < -0.4 is 10.1 Å². The maximum Gasteiger partial charge on any atom is 0.119 e. The molecule has 1 aromatic rings. The Morgan fingerprint density at radius 1 is 1.20 bits per heavy atom. The van der Waals surface area contributed by atoms with Crippen LogP contribution in [0.1, 0.15) is 52.5 Å². The zero-order valence-corrected chi connectivity index (χ0v) is 13.4. The van der Waals surface area contributed by atoms with E-state index in [1.807, 2.05) is 0 Å². The van der Waals surface area contributed by atoms with Crippen molar-refractivity contribution in [2.75, 3.05) is 13.2 Å². The van der Waals surface area contributed by atoms with Gasteiger partial charge >= 0.3 is 0 Å². The average Bonchev–Trinajstić information content (AvgIpc) is 2.46. The Morgan fingerprint density at radius 2 is 1.90 bits per heavy atom. The molecule has 0 aliphatic heterocycles. The first-order chi connectivity index (χ1) is 9.67. The summed E-state index contributed by atoms with van der Waals surface area (Å²) in [7, 11) is 0. The van der Waals surface area contributed by atoms with Crippen LogP contribution in [-0.2, 0) is 0 Å². The molecule has 2 heteroatoms. The van der Waals surface area contributed by atoms with Gasteiger partial charge in [0.05, 0.1) is 6.61 Å². The van der Waals surface area contributed by atoms with Crippen LogP contribution in [0.3, 0.4) is 0 Å². The van der Waals surface area contributed by atoms with Crippen LogP contribution in [0.15, 0.2) is 29.8 Å². The lowest BCUT2D eigenvalue weighted by molar-refractivity contribution is 0.309. The van der Waals surface area contributed by atoms with E-state index in [0.29, 0.717) is 6.04 Å². The van der Waals surface area contributed by atoms with Crippen LogP contribution in [-0.4, -0.2) is 19.2 Å². The highest BCUT2D eigenvalue weighted by Gasteiger charge is 2.02.